The Hall–Kier alpha value is -2.97. The highest BCUT2D eigenvalue weighted by Gasteiger charge is 2.29. The average molecular weight is 453 g/mol. The number of nitrogens with zero attached hydrogens (tertiary/aromatic N) is 3. The monoisotopic (exact) mass is 452 g/mol. The van der Waals surface area contributed by atoms with Crippen LogP contribution in [0.1, 0.15) is 48.0 Å². The first-order valence-electron chi connectivity index (χ1n) is 10.9. The van der Waals surface area contributed by atoms with Crippen molar-refractivity contribution in [3.63, 3.8) is 0 Å². The number of benzene rings is 2. The lowest BCUT2D eigenvalue weighted by atomic mass is 9.96. The van der Waals surface area contributed by atoms with Gasteiger partial charge in [-0.3, -0.25) is 9.48 Å². The Morgan fingerprint density at radius 3 is 2.53 bits per heavy atom. The van der Waals surface area contributed by atoms with Gasteiger partial charge in [-0.25, -0.2) is 8.42 Å². The van der Waals surface area contributed by atoms with Gasteiger partial charge in [-0.2, -0.15) is 9.40 Å². The maximum atomic E-state index is 13.0. The van der Waals surface area contributed by atoms with Crippen LogP contribution in [0.5, 0.6) is 0 Å². The molecule has 1 aliphatic carbocycles. The molecule has 168 valence electrons. The molecule has 1 saturated carbocycles. The van der Waals surface area contributed by atoms with Crippen molar-refractivity contribution in [2.75, 3.05) is 12.4 Å². The van der Waals surface area contributed by atoms with Gasteiger partial charge in [0.25, 0.3) is 5.91 Å². The van der Waals surface area contributed by atoms with E-state index in [1.54, 1.807) is 25.4 Å². The SMILES string of the molecule is CN(C1CCCCC1)S(=O)(=O)c1ccc(C(=O)Nc2cccc(Cn3cccn3)c2)cc1. The van der Waals surface area contributed by atoms with Gasteiger partial charge >= 0.3 is 0 Å². The van der Waals surface area contributed by atoms with Gasteiger partial charge < -0.3 is 5.32 Å². The van der Waals surface area contributed by atoms with Crippen LogP contribution in [0.25, 0.3) is 0 Å². The molecule has 0 spiro atoms. The van der Waals surface area contributed by atoms with Gasteiger partial charge in [0.1, 0.15) is 0 Å². The summed E-state index contributed by atoms with van der Waals surface area (Å²) in [5.41, 5.74) is 2.09. The molecule has 0 unspecified atom stereocenters. The van der Waals surface area contributed by atoms with Crippen LogP contribution >= 0.6 is 0 Å². The number of rotatable bonds is 7. The largest absolute Gasteiger partial charge is 0.322 e. The van der Waals surface area contributed by atoms with Crippen LogP contribution in [0, 0.1) is 0 Å². The van der Waals surface area contributed by atoms with Crippen LogP contribution in [-0.2, 0) is 16.6 Å². The molecule has 32 heavy (non-hydrogen) atoms. The highest BCUT2D eigenvalue weighted by Crippen LogP contribution is 2.26. The van der Waals surface area contributed by atoms with Crippen molar-refractivity contribution < 1.29 is 13.2 Å². The minimum Gasteiger partial charge on any atom is -0.322 e. The summed E-state index contributed by atoms with van der Waals surface area (Å²) in [5, 5.41) is 7.08. The zero-order chi connectivity index (χ0) is 22.6. The normalized spacial score (nSPS) is 15.1. The molecule has 1 heterocycles. The van der Waals surface area contributed by atoms with Crippen LogP contribution in [0.3, 0.4) is 0 Å². The van der Waals surface area contributed by atoms with Crippen molar-refractivity contribution in [1.82, 2.24) is 14.1 Å². The third-order valence-corrected chi connectivity index (χ3v) is 7.90. The summed E-state index contributed by atoms with van der Waals surface area (Å²) in [6, 6.07) is 15.6. The van der Waals surface area contributed by atoms with E-state index in [0.717, 1.165) is 31.2 Å². The second-order valence-corrected chi connectivity index (χ2v) is 10.2. The van der Waals surface area contributed by atoms with Crippen molar-refractivity contribution >= 4 is 21.6 Å². The van der Waals surface area contributed by atoms with E-state index in [9.17, 15) is 13.2 Å². The van der Waals surface area contributed by atoms with Crippen LogP contribution in [0.4, 0.5) is 5.69 Å². The van der Waals surface area contributed by atoms with E-state index in [2.05, 4.69) is 10.4 Å². The van der Waals surface area contributed by atoms with Crippen molar-refractivity contribution in [2.45, 2.75) is 49.6 Å². The fourth-order valence-corrected chi connectivity index (χ4v) is 5.53. The molecule has 3 aromatic rings. The average Bonchev–Trinajstić information content (AvgIpc) is 3.32. The molecule has 4 rings (SSSR count). The van der Waals surface area contributed by atoms with E-state index in [1.165, 1.54) is 22.9 Å². The molecule has 2 aromatic carbocycles. The number of aromatic nitrogens is 2. The van der Waals surface area contributed by atoms with Gasteiger partial charge in [0.2, 0.25) is 10.0 Å². The Kier molecular flexibility index (Phi) is 6.72. The number of amides is 1. The summed E-state index contributed by atoms with van der Waals surface area (Å²) >= 11 is 0. The number of hydrogen-bond donors (Lipinski definition) is 1. The highest BCUT2D eigenvalue weighted by molar-refractivity contribution is 7.89. The number of anilines is 1. The molecule has 1 amide bonds. The van der Waals surface area contributed by atoms with E-state index in [-0.39, 0.29) is 16.8 Å². The minimum absolute atomic E-state index is 0.0470. The summed E-state index contributed by atoms with van der Waals surface area (Å²) in [5.74, 6) is -0.286. The van der Waals surface area contributed by atoms with Crippen molar-refractivity contribution in [2.24, 2.45) is 0 Å². The predicted octanol–water partition coefficient (Wildman–Crippen LogP) is 4.14. The van der Waals surface area contributed by atoms with Crippen LogP contribution < -0.4 is 5.32 Å². The van der Waals surface area contributed by atoms with Crippen LogP contribution in [-0.4, -0.2) is 41.5 Å². The van der Waals surface area contributed by atoms with E-state index < -0.39 is 10.0 Å². The van der Waals surface area contributed by atoms with E-state index in [4.69, 9.17) is 0 Å². The third-order valence-electron chi connectivity index (χ3n) is 5.97. The molecule has 1 N–H and O–H groups in total. The molecule has 7 nitrogen and oxygen atoms in total. The Labute approximate surface area is 189 Å². The molecular formula is C24H28N4O3S. The van der Waals surface area contributed by atoms with Crippen molar-refractivity contribution in [3.8, 4) is 0 Å². The standard InChI is InChI=1S/C24H28N4O3S/c1-27(22-9-3-2-4-10-22)32(30,31)23-13-11-20(12-14-23)24(29)26-21-8-5-7-19(17-21)18-28-16-6-15-25-28/h5-8,11-17,22H,2-4,9-10,18H2,1H3,(H,26,29). The van der Waals surface area contributed by atoms with E-state index in [1.807, 2.05) is 41.2 Å². The molecule has 0 saturated heterocycles. The maximum absolute atomic E-state index is 13.0. The molecule has 8 heteroatoms. The summed E-state index contributed by atoms with van der Waals surface area (Å²) < 4.78 is 29.3. The molecule has 1 fully saturated rings. The number of hydrogen-bond acceptors (Lipinski definition) is 4. The topological polar surface area (TPSA) is 84.3 Å². The smallest absolute Gasteiger partial charge is 0.255 e. The highest BCUT2D eigenvalue weighted by atomic mass is 32.2. The second kappa shape index (κ2) is 9.67. The lowest BCUT2D eigenvalue weighted by Crippen LogP contribution is -2.38. The fraction of sp³-hybridized carbons (Fsp3) is 0.333. The number of carbonyl (C=O) groups is 1. The summed E-state index contributed by atoms with van der Waals surface area (Å²) in [4.78, 5) is 12.9. The zero-order valence-electron chi connectivity index (χ0n) is 18.1. The van der Waals surface area contributed by atoms with Gasteiger partial charge in [-0.15, -0.1) is 0 Å². The number of nitrogens with one attached hydrogen (secondary N) is 1. The first-order valence-corrected chi connectivity index (χ1v) is 12.3. The predicted molar refractivity (Wildman–Crippen MR) is 124 cm³/mol. The summed E-state index contributed by atoms with van der Waals surface area (Å²) in [6.45, 7) is 0.609. The van der Waals surface area contributed by atoms with Crippen molar-refractivity contribution in [1.29, 1.82) is 0 Å². The quantitative estimate of drug-likeness (QED) is 0.584. The molecule has 0 aliphatic heterocycles. The van der Waals surface area contributed by atoms with Gasteiger partial charge in [-0.05, 0) is 60.9 Å². The van der Waals surface area contributed by atoms with Gasteiger partial charge in [0, 0.05) is 36.7 Å². The molecule has 1 aliphatic rings. The molecule has 0 radical (unpaired) electrons. The lowest BCUT2D eigenvalue weighted by Gasteiger charge is -2.30. The van der Waals surface area contributed by atoms with E-state index in [0.29, 0.717) is 17.8 Å². The van der Waals surface area contributed by atoms with Gasteiger partial charge in [0.15, 0.2) is 0 Å². The summed E-state index contributed by atoms with van der Waals surface area (Å²) in [7, 11) is -1.92. The Morgan fingerprint density at radius 1 is 1.09 bits per heavy atom. The Bertz CT molecular complexity index is 1150. The Balaban J connectivity index is 1.43. The molecule has 0 atom stereocenters. The van der Waals surface area contributed by atoms with E-state index >= 15 is 0 Å². The zero-order valence-corrected chi connectivity index (χ0v) is 19.0. The number of carbonyl (C=O) groups excluding carboxylic acids is 1. The maximum Gasteiger partial charge on any atom is 0.255 e. The van der Waals surface area contributed by atoms with Crippen LogP contribution in [0.15, 0.2) is 71.9 Å². The fourth-order valence-electron chi connectivity index (χ4n) is 4.12. The Morgan fingerprint density at radius 2 is 1.84 bits per heavy atom. The third kappa shape index (κ3) is 5.08. The lowest BCUT2D eigenvalue weighted by molar-refractivity contribution is 0.102. The van der Waals surface area contributed by atoms with Crippen LogP contribution in [0.2, 0.25) is 0 Å². The van der Waals surface area contributed by atoms with Crippen molar-refractivity contribution in [3.05, 3.63) is 78.1 Å². The molecule has 0 bridgehead atoms. The van der Waals surface area contributed by atoms with Gasteiger partial charge in [-0.1, -0.05) is 31.4 Å². The van der Waals surface area contributed by atoms with Gasteiger partial charge in [0.05, 0.1) is 11.4 Å². The molecule has 1 aromatic heterocycles. The first-order chi connectivity index (χ1) is 15.4. The first kappa shape index (κ1) is 22.2. The molecular weight excluding hydrogens is 424 g/mol. The number of sulfonamides is 1. The minimum atomic E-state index is -3.58. The summed E-state index contributed by atoms with van der Waals surface area (Å²) in [6.07, 6.45) is 8.69. The second-order valence-electron chi connectivity index (χ2n) is 8.20.